The van der Waals surface area contributed by atoms with E-state index >= 15 is 0 Å². The first kappa shape index (κ1) is 14.3. The molecule has 0 unspecified atom stereocenters. The normalized spacial score (nSPS) is 10.6. The van der Waals surface area contributed by atoms with Crippen molar-refractivity contribution in [1.29, 1.82) is 0 Å². The van der Waals surface area contributed by atoms with Crippen LogP contribution in [0.2, 0.25) is 0 Å². The van der Waals surface area contributed by atoms with Crippen LogP contribution in [0.4, 0.5) is 0 Å². The van der Waals surface area contributed by atoms with Crippen LogP contribution in [0.15, 0.2) is 41.2 Å². The number of benzene rings is 1. The first-order valence-corrected chi connectivity index (χ1v) is 6.74. The van der Waals surface area contributed by atoms with E-state index in [0.717, 1.165) is 22.6 Å². The van der Waals surface area contributed by atoms with Crippen molar-refractivity contribution in [3.05, 3.63) is 52.3 Å². The average Bonchev–Trinajstić information content (AvgIpc) is 2.46. The molecule has 1 aromatic heterocycles. The fourth-order valence-corrected chi connectivity index (χ4v) is 2.24. The highest BCUT2D eigenvalue weighted by Crippen LogP contribution is 2.28. The Morgan fingerprint density at radius 2 is 1.95 bits per heavy atom. The Morgan fingerprint density at radius 1 is 1.20 bits per heavy atom. The van der Waals surface area contributed by atoms with E-state index in [0.29, 0.717) is 13.2 Å². The topological polar surface area (TPSA) is 43.3 Å². The Hall–Kier alpha value is -2.07. The van der Waals surface area contributed by atoms with Gasteiger partial charge in [-0.15, -0.1) is 0 Å². The summed E-state index contributed by atoms with van der Waals surface area (Å²) in [4.78, 5) is 12.3. The van der Waals surface area contributed by atoms with Gasteiger partial charge >= 0.3 is 0 Å². The maximum absolute atomic E-state index is 12.3. The van der Waals surface area contributed by atoms with Crippen LogP contribution in [0.5, 0.6) is 5.75 Å². The molecule has 0 aliphatic rings. The second-order valence-electron chi connectivity index (χ2n) is 4.57. The van der Waals surface area contributed by atoms with E-state index in [-0.39, 0.29) is 5.56 Å². The highest BCUT2D eigenvalue weighted by Gasteiger charge is 2.11. The molecule has 0 radical (unpaired) electrons. The predicted octanol–water partition coefficient (Wildman–Crippen LogP) is 2.17. The highest BCUT2D eigenvalue weighted by atomic mass is 16.5. The Morgan fingerprint density at radius 3 is 2.65 bits per heavy atom. The third-order valence-electron chi connectivity index (χ3n) is 3.21. The van der Waals surface area contributed by atoms with Crippen LogP contribution < -0.4 is 15.6 Å². The van der Waals surface area contributed by atoms with Crippen molar-refractivity contribution in [2.24, 2.45) is 7.05 Å². The van der Waals surface area contributed by atoms with Crippen molar-refractivity contribution in [2.45, 2.75) is 13.5 Å². The van der Waals surface area contributed by atoms with Gasteiger partial charge in [0.25, 0.3) is 5.56 Å². The van der Waals surface area contributed by atoms with Gasteiger partial charge in [0, 0.05) is 24.7 Å². The predicted molar refractivity (Wildman–Crippen MR) is 81.1 cm³/mol. The number of nitrogens with zero attached hydrogens (tertiary/aromatic N) is 1. The number of rotatable bonds is 5. The van der Waals surface area contributed by atoms with Crippen molar-refractivity contribution in [1.82, 2.24) is 9.88 Å². The summed E-state index contributed by atoms with van der Waals surface area (Å²) < 4.78 is 7.31. The molecule has 106 valence electrons. The van der Waals surface area contributed by atoms with Crippen LogP contribution in [0, 0.1) is 0 Å². The lowest BCUT2D eigenvalue weighted by molar-refractivity contribution is 0.341. The number of hydrogen-bond donors (Lipinski definition) is 1. The zero-order valence-electron chi connectivity index (χ0n) is 12.1. The van der Waals surface area contributed by atoms with Crippen LogP contribution in [-0.4, -0.2) is 18.2 Å². The SMILES string of the molecule is CCOc1ccccc1-c1ccc(CNC)c(=O)n1C. The van der Waals surface area contributed by atoms with Crippen molar-refractivity contribution in [3.8, 4) is 17.0 Å². The number of ether oxygens (including phenoxy) is 1. The molecule has 0 saturated carbocycles. The minimum absolute atomic E-state index is 0.0168. The third kappa shape index (κ3) is 2.75. The van der Waals surface area contributed by atoms with E-state index in [2.05, 4.69) is 5.32 Å². The summed E-state index contributed by atoms with van der Waals surface area (Å²) in [5, 5.41) is 3.00. The maximum Gasteiger partial charge on any atom is 0.255 e. The Bertz CT molecular complexity index is 647. The van der Waals surface area contributed by atoms with Gasteiger partial charge in [0.2, 0.25) is 0 Å². The number of aromatic nitrogens is 1. The van der Waals surface area contributed by atoms with Crippen molar-refractivity contribution < 1.29 is 4.74 Å². The van der Waals surface area contributed by atoms with Crippen LogP contribution >= 0.6 is 0 Å². The number of hydrogen-bond acceptors (Lipinski definition) is 3. The summed E-state index contributed by atoms with van der Waals surface area (Å²) in [6.07, 6.45) is 0. The zero-order valence-corrected chi connectivity index (χ0v) is 12.1. The molecule has 0 fully saturated rings. The Balaban J connectivity index is 2.54. The summed E-state index contributed by atoms with van der Waals surface area (Å²) in [5.41, 5.74) is 2.57. The molecule has 4 nitrogen and oxygen atoms in total. The van der Waals surface area contributed by atoms with Gasteiger partial charge in [-0.3, -0.25) is 4.79 Å². The average molecular weight is 272 g/mol. The van der Waals surface area contributed by atoms with Gasteiger partial charge in [-0.1, -0.05) is 18.2 Å². The molecule has 0 bridgehead atoms. The fourth-order valence-electron chi connectivity index (χ4n) is 2.24. The monoisotopic (exact) mass is 272 g/mol. The molecule has 1 aromatic carbocycles. The van der Waals surface area contributed by atoms with Crippen molar-refractivity contribution in [2.75, 3.05) is 13.7 Å². The molecule has 4 heteroatoms. The van der Waals surface area contributed by atoms with E-state index in [1.54, 1.807) is 11.6 Å². The molecule has 1 N–H and O–H groups in total. The lowest BCUT2D eigenvalue weighted by Crippen LogP contribution is -2.25. The molecular weight excluding hydrogens is 252 g/mol. The molecule has 2 rings (SSSR count). The van der Waals surface area contributed by atoms with Gasteiger partial charge in [0.15, 0.2) is 0 Å². The van der Waals surface area contributed by atoms with E-state index in [1.165, 1.54) is 0 Å². The highest BCUT2D eigenvalue weighted by molar-refractivity contribution is 5.67. The van der Waals surface area contributed by atoms with Crippen LogP contribution in [0.25, 0.3) is 11.3 Å². The number of para-hydroxylation sites is 1. The van der Waals surface area contributed by atoms with Crippen LogP contribution in [0.3, 0.4) is 0 Å². The summed E-state index contributed by atoms with van der Waals surface area (Å²) in [7, 11) is 3.62. The number of nitrogens with one attached hydrogen (secondary N) is 1. The second-order valence-corrected chi connectivity index (χ2v) is 4.57. The van der Waals surface area contributed by atoms with Gasteiger partial charge in [-0.25, -0.2) is 0 Å². The number of pyridine rings is 1. The van der Waals surface area contributed by atoms with Crippen molar-refractivity contribution >= 4 is 0 Å². The molecule has 1 heterocycles. The Labute approximate surface area is 119 Å². The largest absolute Gasteiger partial charge is 0.493 e. The molecule has 0 aliphatic carbocycles. The first-order chi connectivity index (χ1) is 9.69. The lowest BCUT2D eigenvalue weighted by atomic mass is 10.1. The van der Waals surface area contributed by atoms with Gasteiger partial charge in [-0.05, 0) is 32.2 Å². The Kier molecular flexibility index (Phi) is 4.58. The van der Waals surface area contributed by atoms with Crippen LogP contribution in [0.1, 0.15) is 12.5 Å². The molecule has 0 atom stereocenters. The molecular formula is C16H20N2O2. The maximum atomic E-state index is 12.3. The summed E-state index contributed by atoms with van der Waals surface area (Å²) in [5.74, 6) is 0.798. The van der Waals surface area contributed by atoms with Gasteiger partial charge in [0.05, 0.1) is 12.3 Å². The summed E-state index contributed by atoms with van der Waals surface area (Å²) in [6.45, 7) is 3.12. The molecule has 0 amide bonds. The van der Waals surface area contributed by atoms with E-state index in [9.17, 15) is 4.79 Å². The molecule has 0 saturated heterocycles. The smallest absolute Gasteiger partial charge is 0.255 e. The van der Waals surface area contributed by atoms with E-state index in [4.69, 9.17) is 4.74 Å². The third-order valence-corrected chi connectivity index (χ3v) is 3.21. The standard InChI is InChI=1S/C16H20N2O2/c1-4-20-15-8-6-5-7-13(15)14-10-9-12(11-17-2)16(19)18(14)3/h5-10,17H,4,11H2,1-3H3. The minimum atomic E-state index is 0.0168. The zero-order chi connectivity index (χ0) is 14.5. The molecule has 2 aromatic rings. The fraction of sp³-hybridized carbons (Fsp3) is 0.312. The van der Waals surface area contributed by atoms with E-state index < -0.39 is 0 Å². The minimum Gasteiger partial charge on any atom is -0.493 e. The van der Waals surface area contributed by atoms with Crippen LogP contribution in [-0.2, 0) is 13.6 Å². The van der Waals surface area contributed by atoms with Crippen molar-refractivity contribution in [3.63, 3.8) is 0 Å². The van der Waals surface area contributed by atoms with Gasteiger partial charge < -0.3 is 14.6 Å². The van der Waals surface area contributed by atoms with Gasteiger partial charge in [-0.2, -0.15) is 0 Å². The molecule has 0 spiro atoms. The summed E-state index contributed by atoms with van der Waals surface area (Å²) in [6, 6.07) is 11.6. The van der Waals surface area contributed by atoms with E-state index in [1.807, 2.05) is 50.4 Å². The van der Waals surface area contributed by atoms with Gasteiger partial charge in [0.1, 0.15) is 5.75 Å². The lowest BCUT2D eigenvalue weighted by Gasteiger charge is -2.14. The molecule has 0 aliphatic heterocycles. The molecule has 20 heavy (non-hydrogen) atoms. The quantitative estimate of drug-likeness (QED) is 0.907. The first-order valence-electron chi connectivity index (χ1n) is 6.74. The summed E-state index contributed by atoms with van der Waals surface area (Å²) >= 11 is 0. The second kappa shape index (κ2) is 6.39.